The monoisotopic (exact) mass is 253 g/mol. The molecule has 1 fully saturated rings. The van der Waals surface area contributed by atoms with Crippen LogP contribution in [0, 0.1) is 0 Å². The van der Waals surface area contributed by atoms with Crippen molar-refractivity contribution in [3.63, 3.8) is 0 Å². The Labute approximate surface area is 101 Å². The minimum atomic E-state index is -4.04. The van der Waals surface area contributed by atoms with Crippen LogP contribution in [0.4, 0.5) is 13.2 Å². The molecule has 3 nitrogen and oxygen atoms in total. The molecule has 6 heteroatoms. The fraction of sp³-hybridized carbons (Fsp3) is 1.00. The summed E-state index contributed by atoms with van der Waals surface area (Å²) < 4.78 is 36.3. The molecule has 0 aromatic carbocycles. The topological polar surface area (TPSA) is 32.5 Å². The molecule has 1 rings (SSSR count). The SMILES string of the molecule is NCCCN1CCCN(CCC(F)(F)F)CC1. The number of hydrogen-bond acceptors (Lipinski definition) is 3. The second-order valence-electron chi connectivity index (χ2n) is 4.54. The van der Waals surface area contributed by atoms with Gasteiger partial charge in [0.15, 0.2) is 0 Å². The van der Waals surface area contributed by atoms with Crippen LogP contribution in [0.3, 0.4) is 0 Å². The van der Waals surface area contributed by atoms with Crippen molar-refractivity contribution in [1.82, 2.24) is 9.80 Å². The van der Waals surface area contributed by atoms with Crippen molar-refractivity contribution in [1.29, 1.82) is 0 Å². The van der Waals surface area contributed by atoms with Gasteiger partial charge in [0, 0.05) is 19.6 Å². The lowest BCUT2D eigenvalue weighted by atomic mass is 10.3. The Kier molecular flexibility index (Phi) is 6.22. The summed E-state index contributed by atoms with van der Waals surface area (Å²) in [5, 5.41) is 0. The van der Waals surface area contributed by atoms with Crippen LogP contribution in [0.5, 0.6) is 0 Å². The van der Waals surface area contributed by atoms with Crippen LogP contribution in [0.2, 0.25) is 0 Å². The third kappa shape index (κ3) is 6.85. The first-order valence-electron chi connectivity index (χ1n) is 6.23. The van der Waals surface area contributed by atoms with Crippen molar-refractivity contribution in [3.05, 3.63) is 0 Å². The maximum Gasteiger partial charge on any atom is 0.390 e. The number of halogens is 3. The molecule has 0 aromatic rings. The van der Waals surface area contributed by atoms with Gasteiger partial charge in [0.1, 0.15) is 0 Å². The van der Waals surface area contributed by atoms with Gasteiger partial charge < -0.3 is 15.5 Å². The normalized spacial score (nSPS) is 20.5. The molecule has 0 saturated carbocycles. The van der Waals surface area contributed by atoms with Gasteiger partial charge in [-0.3, -0.25) is 0 Å². The van der Waals surface area contributed by atoms with Gasteiger partial charge in [-0.25, -0.2) is 0 Å². The number of alkyl halides is 3. The molecule has 1 saturated heterocycles. The highest BCUT2D eigenvalue weighted by molar-refractivity contribution is 4.70. The second-order valence-corrected chi connectivity index (χ2v) is 4.54. The maximum atomic E-state index is 12.1. The summed E-state index contributed by atoms with van der Waals surface area (Å²) in [6, 6.07) is 0. The molecule has 102 valence electrons. The van der Waals surface area contributed by atoms with E-state index in [-0.39, 0.29) is 6.54 Å². The lowest BCUT2D eigenvalue weighted by molar-refractivity contribution is -0.137. The van der Waals surface area contributed by atoms with E-state index >= 15 is 0 Å². The summed E-state index contributed by atoms with van der Waals surface area (Å²) >= 11 is 0. The van der Waals surface area contributed by atoms with Gasteiger partial charge in [-0.15, -0.1) is 0 Å². The van der Waals surface area contributed by atoms with Gasteiger partial charge in [-0.2, -0.15) is 13.2 Å². The summed E-state index contributed by atoms with van der Waals surface area (Å²) in [6.07, 6.45) is -2.83. The van der Waals surface area contributed by atoms with Crippen LogP contribution >= 0.6 is 0 Å². The van der Waals surface area contributed by atoms with Crippen molar-refractivity contribution in [3.8, 4) is 0 Å². The van der Waals surface area contributed by atoms with Crippen LogP contribution in [0.25, 0.3) is 0 Å². The molecule has 0 atom stereocenters. The molecular weight excluding hydrogens is 231 g/mol. The Balaban J connectivity index is 2.22. The Hall–Kier alpha value is -0.330. The summed E-state index contributed by atoms with van der Waals surface area (Å²) in [7, 11) is 0. The van der Waals surface area contributed by atoms with Gasteiger partial charge in [0.2, 0.25) is 0 Å². The molecule has 0 bridgehead atoms. The van der Waals surface area contributed by atoms with Crippen molar-refractivity contribution >= 4 is 0 Å². The molecule has 0 aromatic heterocycles. The zero-order valence-corrected chi connectivity index (χ0v) is 10.2. The average molecular weight is 253 g/mol. The molecule has 0 aliphatic carbocycles. The Bertz CT molecular complexity index is 209. The maximum absolute atomic E-state index is 12.1. The van der Waals surface area contributed by atoms with E-state index in [0.29, 0.717) is 6.54 Å². The zero-order chi connectivity index (χ0) is 12.7. The van der Waals surface area contributed by atoms with Crippen LogP contribution in [-0.2, 0) is 0 Å². The second kappa shape index (κ2) is 7.18. The van der Waals surface area contributed by atoms with Crippen molar-refractivity contribution in [2.75, 3.05) is 45.8 Å². The summed E-state index contributed by atoms with van der Waals surface area (Å²) in [4.78, 5) is 4.20. The van der Waals surface area contributed by atoms with E-state index in [1.165, 1.54) is 0 Å². The highest BCUT2D eigenvalue weighted by atomic mass is 19.4. The Morgan fingerprint density at radius 1 is 0.941 bits per heavy atom. The van der Waals surface area contributed by atoms with E-state index in [1.807, 2.05) is 4.90 Å². The molecule has 1 aliphatic heterocycles. The predicted molar refractivity (Wildman–Crippen MR) is 61.8 cm³/mol. The van der Waals surface area contributed by atoms with E-state index in [4.69, 9.17) is 5.73 Å². The summed E-state index contributed by atoms with van der Waals surface area (Å²) in [6.45, 7) is 5.11. The van der Waals surface area contributed by atoms with Gasteiger partial charge in [0.25, 0.3) is 0 Å². The molecule has 1 aliphatic rings. The van der Waals surface area contributed by atoms with E-state index in [9.17, 15) is 13.2 Å². The van der Waals surface area contributed by atoms with E-state index in [0.717, 1.165) is 45.6 Å². The highest BCUT2D eigenvalue weighted by Crippen LogP contribution is 2.20. The first-order valence-corrected chi connectivity index (χ1v) is 6.23. The molecule has 0 amide bonds. The van der Waals surface area contributed by atoms with E-state index < -0.39 is 12.6 Å². The lowest BCUT2D eigenvalue weighted by Crippen LogP contribution is -2.33. The van der Waals surface area contributed by atoms with Crippen LogP contribution in [0.1, 0.15) is 19.3 Å². The molecule has 17 heavy (non-hydrogen) atoms. The smallest absolute Gasteiger partial charge is 0.330 e. The van der Waals surface area contributed by atoms with Crippen LogP contribution in [-0.4, -0.2) is 61.8 Å². The first kappa shape index (κ1) is 14.7. The van der Waals surface area contributed by atoms with Gasteiger partial charge in [0.05, 0.1) is 6.42 Å². The zero-order valence-electron chi connectivity index (χ0n) is 10.2. The fourth-order valence-electron chi connectivity index (χ4n) is 2.07. The number of rotatable bonds is 5. The molecule has 0 radical (unpaired) electrons. The van der Waals surface area contributed by atoms with Crippen molar-refractivity contribution in [2.24, 2.45) is 5.73 Å². The number of nitrogens with two attached hydrogens (primary N) is 1. The average Bonchev–Trinajstić information content (AvgIpc) is 2.48. The third-order valence-electron chi connectivity index (χ3n) is 3.07. The van der Waals surface area contributed by atoms with Gasteiger partial charge >= 0.3 is 6.18 Å². The summed E-state index contributed by atoms with van der Waals surface area (Å²) in [5.74, 6) is 0. The molecule has 0 unspecified atom stereocenters. The largest absolute Gasteiger partial charge is 0.390 e. The predicted octanol–water partition coefficient (Wildman–Crippen LogP) is 1.30. The van der Waals surface area contributed by atoms with Crippen LogP contribution in [0.15, 0.2) is 0 Å². The van der Waals surface area contributed by atoms with Gasteiger partial charge in [-0.1, -0.05) is 0 Å². The standard InChI is InChI=1S/C11H22F3N3/c12-11(13,14)3-8-17-7-2-6-16(9-10-17)5-1-4-15/h1-10,15H2. The van der Waals surface area contributed by atoms with E-state index in [2.05, 4.69) is 4.90 Å². The van der Waals surface area contributed by atoms with Gasteiger partial charge in [-0.05, 0) is 39.0 Å². The third-order valence-corrected chi connectivity index (χ3v) is 3.07. The molecule has 2 N–H and O–H groups in total. The minimum Gasteiger partial charge on any atom is -0.330 e. The molecule has 1 heterocycles. The van der Waals surface area contributed by atoms with Crippen molar-refractivity contribution < 1.29 is 13.2 Å². The number of nitrogens with zero attached hydrogens (tertiary/aromatic N) is 2. The Morgan fingerprint density at radius 3 is 2.06 bits per heavy atom. The quantitative estimate of drug-likeness (QED) is 0.801. The lowest BCUT2D eigenvalue weighted by Gasteiger charge is -2.22. The first-order chi connectivity index (χ1) is 8.01. The minimum absolute atomic E-state index is 0.133. The number of hydrogen-bond donors (Lipinski definition) is 1. The van der Waals surface area contributed by atoms with Crippen LogP contribution < -0.4 is 5.73 Å². The molecule has 0 spiro atoms. The van der Waals surface area contributed by atoms with E-state index in [1.54, 1.807) is 0 Å². The highest BCUT2D eigenvalue weighted by Gasteiger charge is 2.28. The fourth-order valence-corrected chi connectivity index (χ4v) is 2.07. The van der Waals surface area contributed by atoms with Crippen molar-refractivity contribution in [2.45, 2.75) is 25.4 Å². The Morgan fingerprint density at radius 2 is 1.53 bits per heavy atom. The summed E-state index contributed by atoms with van der Waals surface area (Å²) in [5.41, 5.74) is 5.45. The molecular formula is C11H22F3N3.